The zero-order valence-electron chi connectivity index (χ0n) is 17.8. The average Bonchev–Trinajstić information content (AvgIpc) is 2.79. The molecule has 0 saturated carbocycles. The number of esters is 1. The van der Waals surface area contributed by atoms with E-state index in [4.69, 9.17) is 4.74 Å². The van der Waals surface area contributed by atoms with Crippen LogP contribution in [0.5, 0.6) is 0 Å². The van der Waals surface area contributed by atoms with Crippen LogP contribution in [-0.2, 0) is 26.0 Å². The molecule has 1 N–H and O–H groups in total. The summed E-state index contributed by atoms with van der Waals surface area (Å²) in [5.74, 6) is -1.27. The third-order valence-electron chi connectivity index (χ3n) is 4.71. The molecule has 0 saturated heterocycles. The Morgan fingerprint density at radius 1 is 0.906 bits per heavy atom. The molecule has 0 spiro atoms. The summed E-state index contributed by atoms with van der Waals surface area (Å²) in [6.45, 7) is -0.497. The Labute approximate surface area is 187 Å². The summed E-state index contributed by atoms with van der Waals surface area (Å²) in [5.41, 5.74) is 2.72. The third-order valence-corrected chi connectivity index (χ3v) is 6.52. The Morgan fingerprint density at radius 2 is 1.59 bits per heavy atom. The number of carbonyl (C=O) groups is 2. The molecule has 0 aromatic heterocycles. The van der Waals surface area contributed by atoms with Crippen LogP contribution in [0.4, 0.5) is 5.69 Å². The molecule has 7 nitrogen and oxygen atoms in total. The van der Waals surface area contributed by atoms with Crippen molar-refractivity contribution in [1.29, 1.82) is 0 Å². The Bertz CT molecular complexity index is 1210. The highest BCUT2D eigenvalue weighted by Gasteiger charge is 2.19. The van der Waals surface area contributed by atoms with Gasteiger partial charge in [0.15, 0.2) is 6.61 Å². The number of ether oxygens (including phenoxy) is 1. The van der Waals surface area contributed by atoms with Gasteiger partial charge in [0, 0.05) is 19.8 Å². The number of anilines is 1. The van der Waals surface area contributed by atoms with Crippen LogP contribution in [0.2, 0.25) is 0 Å². The maximum Gasteiger partial charge on any atom is 0.338 e. The second kappa shape index (κ2) is 10.2. The molecule has 3 aromatic carbocycles. The van der Waals surface area contributed by atoms with Gasteiger partial charge in [0.1, 0.15) is 0 Å². The van der Waals surface area contributed by atoms with E-state index in [0.717, 1.165) is 15.4 Å². The lowest BCUT2D eigenvalue weighted by atomic mass is 10.0. The zero-order valence-corrected chi connectivity index (χ0v) is 18.6. The van der Waals surface area contributed by atoms with E-state index in [1.807, 2.05) is 48.5 Å². The molecule has 0 radical (unpaired) electrons. The predicted octanol–water partition coefficient (Wildman–Crippen LogP) is 3.32. The van der Waals surface area contributed by atoms with Crippen molar-refractivity contribution in [2.75, 3.05) is 26.0 Å². The van der Waals surface area contributed by atoms with Gasteiger partial charge in [-0.05, 0) is 41.8 Å². The molecule has 3 aromatic rings. The predicted molar refractivity (Wildman–Crippen MR) is 122 cm³/mol. The second-order valence-electron chi connectivity index (χ2n) is 7.26. The van der Waals surface area contributed by atoms with E-state index in [0.29, 0.717) is 12.1 Å². The summed E-state index contributed by atoms with van der Waals surface area (Å²) < 4.78 is 30.6. The van der Waals surface area contributed by atoms with Crippen molar-refractivity contribution in [2.45, 2.75) is 11.3 Å². The molecule has 0 aliphatic carbocycles. The molecule has 3 rings (SSSR count). The van der Waals surface area contributed by atoms with E-state index < -0.39 is 28.5 Å². The molecule has 166 valence electrons. The topological polar surface area (TPSA) is 92.8 Å². The first-order valence-corrected chi connectivity index (χ1v) is 11.3. The van der Waals surface area contributed by atoms with Gasteiger partial charge >= 0.3 is 5.97 Å². The van der Waals surface area contributed by atoms with Crippen molar-refractivity contribution in [2.24, 2.45) is 0 Å². The molecule has 0 unspecified atom stereocenters. The SMILES string of the molecule is CN(C)S(=O)(=O)c1cccc(C(=O)OCC(=O)Nc2ccccc2Cc2ccccc2)c1. The molecule has 0 atom stereocenters. The van der Waals surface area contributed by atoms with E-state index in [9.17, 15) is 18.0 Å². The largest absolute Gasteiger partial charge is 0.452 e. The number of nitrogens with zero attached hydrogens (tertiary/aromatic N) is 1. The highest BCUT2D eigenvalue weighted by Crippen LogP contribution is 2.19. The Kier molecular flexibility index (Phi) is 7.40. The van der Waals surface area contributed by atoms with Gasteiger partial charge in [-0.25, -0.2) is 17.5 Å². The highest BCUT2D eigenvalue weighted by molar-refractivity contribution is 7.89. The standard InChI is InChI=1S/C24H24N2O5S/c1-26(2)32(29,30)21-13-8-12-20(16-21)24(28)31-17-23(27)25-22-14-7-6-11-19(22)15-18-9-4-3-5-10-18/h3-14,16H,15,17H2,1-2H3,(H,25,27). The third kappa shape index (κ3) is 5.81. The Morgan fingerprint density at radius 3 is 2.31 bits per heavy atom. The minimum absolute atomic E-state index is 0.0313. The first kappa shape index (κ1) is 23.2. The van der Waals surface area contributed by atoms with Crippen LogP contribution in [0.15, 0.2) is 83.8 Å². The fourth-order valence-corrected chi connectivity index (χ4v) is 3.96. The van der Waals surface area contributed by atoms with Gasteiger partial charge in [-0.1, -0.05) is 54.6 Å². The number of benzene rings is 3. The Hall–Kier alpha value is -3.49. The molecule has 0 aliphatic rings. The summed E-state index contributed by atoms with van der Waals surface area (Å²) in [6, 6.07) is 22.8. The number of nitrogens with one attached hydrogen (secondary N) is 1. The molecule has 0 aliphatic heterocycles. The van der Waals surface area contributed by atoms with E-state index in [2.05, 4.69) is 5.32 Å². The van der Waals surface area contributed by atoms with Crippen molar-refractivity contribution in [3.05, 3.63) is 95.6 Å². The number of rotatable bonds is 8. The number of hydrogen-bond acceptors (Lipinski definition) is 5. The molecule has 1 amide bonds. The lowest BCUT2D eigenvalue weighted by Crippen LogP contribution is -2.23. The Balaban J connectivity index is 1.63. The zero-order chi connectivity index (χ0) is 23.1. The first-order chi connectivity index (χ1) is 15.3. The normalized spacial score (nSPS) is 11.2. The number of sulfonamides is 1. The van der Waals surface area contributed by atoms with Gasteiger partial charge in [0.2, 0.25) is 10.0 Å². The van der Waals surface area contributed by atoms with Crippen LogP contribution >= 0.6 is 0 Å². The monoisotopic (exact) mass is 452 g/mol. The number of para-hydroxylation sites is 1. The lowest BCUT2D eigenvalue weighted by molar-refractivity contribution is -0.119. The van der Waals surface area contributed by atoms with Crippen molar-refractivity contribution >= 4 is 27.6 Å². The summed E-state index contributed by atoms with van der Waals surface area (Å²) >= 11 is 0. The summed E-state index contributed by atoms with van der Waals surface area (Å²) in [4.78, 5) is 24.7. The molecule has 0 heterocycles. The van der Waals surface area contributed by atoms with Gasteiger partial charge in [0.25, 0.3) is 5.91 Å². The minimum atomic E-state index is -3.69. The van der Waals surface area contributed by atoms with Crippen molar-refractivity contribution in [1.82, 2.24) is 4.31 Å². The van der Waals surface area contributed by atoms with Crippen LogP contribution < -0.4 is 5.32 Å². The quantitative estimate of drug-likeness (QED) is 0.529. The van der Waals surface area contributed by atoms with E-state index in [1.165, 1.54) is 38.4 Å². The van der Waals surface area contributed by atoms with Crippen LogP contribution in [-0.4, -0.2) is 45.3 Å². The van der Waals surface area contributed by atoms with E-state index in [-0.39, 0.29) is 10.5 Å². The van der Waals surface area contributed by atoms with Crippen LogP contribution in [0, 0.1) is 0 Å². The average molecular weight is 453 g/mol. The van der Waals surface area contributed by atoms with Crippen LogP contribution in [0.1, 0.15) is 21.5 Å². The number of hydrogen-bond donors (Lipinski definition) is 1. The van der Waals surface area contributed by atoms with Crippen molar-refractivity contribution in [3.63, 3.8) is 0 Å². The maximum absolute atomic E-state index is 12.4. The smallest absolute Gasteiger partial charge is 0.338 e. The van der Waals surface area contributed by atoms with Gasteiger partial charge in [0.05, 0.1) is 10.5 Å². The van der Waals surface area contributed by atoms with Gasteiger partial charge in [-0.2, -0.15) is 0 Å². The fraction of sp³-hybridized carbons (Fsp3) is 0.167. The van der Waals surface area contributed by atoms with Crippen LogP contribution in [0.3, 0.4) is 0 Å². The number of carbonyl (C=O) groups excluding carboxylic acids is 2. The minimum Gasteiger partial charge on any atom is -0.452 e. The first-order valence-electron chi connectivity index (χ1n) is 9.89. The maximum atomic E-state index is 12.4. The number of amides is 1. The highest BCUT2D eigenvalue weighted by atomic mass is 32.2. The van der Waals surface area contributed by atoms with E-state index >= 15 is 0 Å². The fourth-order valence-electron chi connectivity index (χ4n) is 3.01. The van der Waals surface area contributed by atoms with Gasteiger partial charge in [-0.15, -0.1) is 0 Å². The summed E-state index contributed by atoms with van der Waals surface area (Å²) in [5, 5.41) is 2.77. The molecule has 0 bridgehead atoms. The van der Waals surface area contributed by atoms with Gasteiger partial charge in [-0.3, -0.25) is 4.79 Å². The molecule has 32 heavy (non-hydrogen) atoms. The van der Waals surface area contributed by atoms with Gasteiger partial charge < -0.3 is 10.1 Å². The summed E-state index contributed by atoms with van der Waals surface area (Å²) in [6.07, 6.45) is 0.643. The molecule has 0 fully saturated rings. The van der Waals surface area contributed by atoms with Crippen molar-refractivity contribution < 1.29 is 22.7 Å². The molecular weight excluding hydrogens is 428 g/mol. The summed E-state index contributed by atoms with van der Waals surface area (Å²) in [7, 11) is -0.883. The van der Waals surface area contributed by atoms with Crippen LogP contribution in [0.25, 0.3) is 0 Å². The lowest BCUT2D eigenvalue weighted by Gasteiger charge is -2.13. The van der Waals surface area contributed by atoms with E-state index in [1.54, 1.807) is 6.07 Å². The molecular formula is C24H24N2O5S. The molecule has 8 heteroatoms. The second-order valence-corrected chi connectivity index (χ2v) is 9.41. The van der Waals surface area contributed by atoms with Crippen molar-refractivity contribution in [3.8, 4) is 0 Å².